The van der Waals surface area contributed by atoms with Gasteiger partial charge in [-0.15, -0.1) is 10.2 Å². The largest absolute Gasteiger partial charge is 0.381 e. The smallest absolute Gasteiger partial charge is 0.167 e. The van der Waals surface area contributed by atoms with Crippen LogP contribution in [0.15, 0.2) is 0 Å². The highest BCUT2D eigenvalue weighted by Gasteiger charge is 2.05. The average Bonchev–Trinajstić information content (AvgIpc) is 2.33. The fraction of sp³-hybridized carbons (Fsp3) is 0.769. The van der Waals surface area contributed by atoms with E-state index in [2.05, 4.69) is 29.0 Å². The summed E-state index contributed by atoms with van der Waals surface area (Å²) in [5.41, 5.74) is 6.72. The second kappa shape index (κ2) is 7.98. The quantitative estimate of drug-likeness (QED) is 0.705. The molecule has 1 aromatic heterocycles. The van der Waals surface area contributed by atoms with E-state index >= 15 is 0 Å². The number of aryl methyl sites for hydroxylation is 2. The summed E-state index contributed by atoms with van der Waals surface area (Å²) in [4.78, 5) is 4.52. The SMILES string of the molecule is CCCCCc1nnc(N)c(CCCCC)n1. The van der Waals surface area contributed by atoms with E-state index < -0.39 is 0 Å². The van der Waals surface area contributed by atoms with E-state index in [9.17, 15) is 0 Å². The first-order valence-corrected chi connectivity index (χ1v) is 6.75. The molecular formula is C13H24N4. The molecule has 0 fully saturated rings. The third-order valence-electron chi connectivity index (χ3n) is 2.85. The molecule has 0 radical (unpaired) electrons. The monoisotopic (exact) mass is 236 g/mol. The van der Waals surface area contributed by atoms with Gasteiger partial charge in [0.15, 0.2) is 11.6 Å². The molecule has 0 atom stereocenters. The molecular weight excluding hydrogens is 212 g/mol. The number of unbranched alkanes of at least 4 members (excludes halogenated alkanes) is 4. The zero-order chi connectivity index (χ0) is 12.5. The lowest BCUT2D eigenvalue weighted by atomic mass is 10.1. The van der Waals surface area contributed by atoms with Crippen molar-refractivity contribution in [1.29, 1.82) is 0 Å². The minimum absolute atomic E-state index is 0.500. The number of hydrogen-bond acceptors (Lipinski definition) is 4. The molecule has 4 heteroatoms. The van der Waals surface area contributed by atoms with E-state index in [1.807, 2.05) is 0 Å². The molecule has 1 heterocycles. The van der Waals surface area contributed by atoms with E-state index in [0.29, 0.717) is 5.82 Å². The lowest BCUT2D eigenvalue weighted by Crippen LogP contribution is -2.07. The first-order valence-electron chi connectivity index (χ1n) is 6.75. The van der Waals surface area contributed by atoms with Crippen LogP contribution in [-0.2, 0) is 12.8 Å². The van der Waals surface area contributed by atoms with Crippen molar-refractivity contribution < 1.29 is 0 Å². The number of aromatic nitrogens is 3. The Morgan fingerprint density at radius 1 is 0.882 bits per heavy atom. The maximum Gasteiger partial charge on any atom is 0.167 e. The van der Waals surface area contributed by atoms with Crippen molar-refractivity contribution in [3.05, 3.63) is 11.5 Å². The van der Waals surface area contributed by atoms with Crippen molar-refractivity contribution in [2.45, 2.75) is 65.2 Å². The first-order chi connectivity index (χ1) is 8.27. The lowest BCUT2D eigenvalue weighted by molar-refractivity contribution is 0.662. The van der Waals surface area contributed by atoms with Crippen molar-refractivity contribution in [2.24, 2.45) is 0 Å². The van der Waals surface area contributed by atoms with Crippen molar-refractivity contribution in [3.63, 3.8) is 0 Å². The average molecular weight is 236 g/mol. The zero-order valence-electron chi connectivity index (χ0n) is 11.1. The molecule has 4 nitrogen and oxygen atoms in total. The van der Waals surface area contributed by atoms with Crippen molar-refractivity contribution in [1.82, 2.24) is 15.2 Å². The van der Waals surface area contributed by atoms with Crippen LogP contribution in [0.2, 0.25) is 0 Å². The summed E-state index contributed by atoms with van der Waals surface area (Å²) in [6.45, 7) is 4.38. The topological polar surface area (TPSA) is 64.7 Å². The molecule has 0 aliphatic rings. The van der Waals surface area contributed by atoms with Gasteiger partial charge in [0.25, 0.3) is 0 Å². The van der Waals surface area contributed by atoms with Gasteiger partial charge in [0.05, 0.1) is 5.69 Å². The predicted molar refractivity (Wildman–Crippen MR) is 70.7 cm³/mol. The summed E-state index contributed by atoms with van der Waals surface area (Å²) in [5, 5.41) is 8.05. The van der Waals surface area contributed by atoms with Gasteiger partial charge in [-0.1, -0.05) is 39.5 Å². The van der Waals surface area contributed by atoms with Gasteiger partial charge in [0, 0.05) is 6.42 Å². The molecule has 0 saturated heterocycles. The maximum absolute atomic E-state index is 5.79. The van der Waals surface area contributed by atoms with E-state index in [-0.39, 0.29) is 0 Å². The van der Waals surface area contributed by atoms with E-state index in [1.165, 1.54) is 25.7 Å². The highest BCUT2D eigenvalue weighted by atomic mass is 15.2. The summed E-state index contributed by atoms with van der Waals surface area (Å²) in [6, 6.07) is 0. The Morgan fingerprint density at radius 2 is 1.53 bits per heavy atom. The molecule has 17 heavy (non-hydrogen) atoms. The molecule has 96 valence electrons. The van der Waals surface area contributed by atoms with E-state index in [0.717, 1.165) is 37.2 Å². The summed E-state index contributed by atoms with van der Waals surface area (Å²) in [5.74, 6) is 1.35. The highest BCUT2D eigenvalue weighted by molar-refractivity contribution is 5.32. The predicted octanol–water partition coefficient (Wildman–Crippen LogP) is 2.92. The van der Waals surface area contributed by atoms with Gasteiger partial charge in [-0.05, 0) is 19.3 Å². The molecule has 1 aromatic rings. The van der Waals surface area contributed by atoms with Gasteiger partial charge in [0.2, 0.25) is 0 Å². The Bertz CT molecular complexity index is 325. The van der Waals surface area contributed by atoms with Crippen LogP contribution in [0.5, 0.6) is 0 Å². The molecule has 0 amide bonds. The van der Waals surface area contributed by atoms with Crippen LogP contribution in [0.25, 0.3) is 0 Å². The molecule has 0 bridgehead atoms. The molecule has 0 aliphatic heterocycles. The van der Waals surface area contributed by atoms with Crippen LogP contribution in [-0.4, -0.2) is 15.2 Å². The number of nitrogen functional groups attached to an aromatic ring is 1. The van der Waals surface area contributed by atoms with Crippen LogP contribution in [0.3, 0.4) is 0 Å². The van der Waals surface area contributed by atoms with Gasteiger partial charge in [-0.25, -0.2) is 4.98 Å². The number of nitrogens with two attached hydrogens (primary N) is 1. The van der Waals surface area contributed by atoms with Crippen LogP contribution < -0.4 is 5.73 Å². The fourth-order valence-corrected chi connectivity index (χ4v) is 1.77. The van der Waals surface area contributed by atoms with E-state index in [1.54, 1.807) is 0 Å². The maximum atomic E-state index is 5.79. The Morgan fingerprint density at radius 3 is 2.18 bits per heavy atom. The fourth-order valence-electron chi connectivity index (χ4n) is 1.77. The molecule has 1 rings (SSSR count). The number of nitrogens with zero attached hydrogens (tertiary/aromatic N) is 3. The van der Waals surface area contributed by atoms with Crippen molar-refractivity contribution in [3.8, 4) is 0 Å². The van der Waals surface area contributed by atoms with Crippen molar-refractivity contribution in [2.75, 3.05) is 5.73 Å². The van der Waals surface area contributed by atoms with Crippen LogP contribution in [0, 0.1) is 0 Å². The molecule has 0 unspecified atom stereocenters. The minimum atomic E-state index is 0.500. The standard InChI is InChI=1S/C13H24N4/c1-3-5-7-9-11-13(14)17-16-12(15-11)10-8-6-4-2/h3-10H2,1-2H3,(H2,14,17). The Balaban J connectivity index is 2.53. The van der Waals surface area contributed by atoms with Gasteiger partial charge in [-0.3, -0.25) is 0 Å². The third-order valence-corrected chi connectivity index (χ3v) is 2.85. The van der Waals surface area contributed by atoms with Gasteiger partial charge < -0.3 is 5.73 Å². The first kappa shape index (κ1) is 13.9. The van der Waals surface area contributed by atoms with Crippen LogP contribution in [0.4, 0.5) is 5.82 Å². The van der Waals surface area contributed by atoms with Crippen LogP contribution >= 0.6 is 0 Å². The second-order valence-corrected chi connectivity index (χ2v) is 4.47. The molecule has 2 N–H and O–H groups in total. The number of rotatable bonds is 8. The normalized spacial score (nSPS) is 10.7. The molecule has 0 saturated carbocycles. The summed E-state index contributed by atoms with van der Waals surface area (Å²) in [6.07, 6.45) is 8.98. The van der Waals surface area contributed by atoms with E-state index in [4.69, 9.17) is 5.73 Å². The van der Waals surface area contributed by atoms with Gasteiger partial charge >= 0.3 is 0 Å². The zero-order valence-corrected chi connectivity index (χ0v) is 11.1. The molecule has 0 spiro atoms. The Labute approximate surface area is 104 Å². The minimum Gasteiger partial charge on any atom is -0.381 e. The summed E-state index contributed by atoms with van der Waals surface area (Å²) < 4.78 is 0. The Kier molecular flexibility index (Phi) is 6.51. The summed E-state index contributed by atoms with van der Waals surface area (Å²) in [7, 11) is 0. The lowest BCUT2D eigenvalue weighted by Gasteiger charge is -2.05. The highest BCUT2D eigenvalue weighted by Crippen LogP contribution is 2.10. The third kappa shape index (κ3) is 5.11. The number of hydrogen-bond donors (Lipinski definition) is 1. The van der Waals surface area contributed by atoms with Gasteiger partial charge in [-0.2, -0.15) is 0 Å². The summed E-state index contributed by atoms with van der Waals surface area (Å²) >= 11 is 0. The van der Waals surface area contributed by atoms with Crippen molar-refractivity contribution >= 4 is 5.82 Å². The molecule has 0 aromatic carbocycles. The van der Waals surface area contributed by atoms with Crippen LogP contribution in [0.1, 0.15) is 63.9 Å². The van der Waals surface area contributed by atoms with Gasteiger partial charge in [0.1, 0.15) is 0 Å². The second-order valence-electron chi connectivity index (χ2n) is 4.47. The molecule has 0 aliphatic carbocycles. The Hall–Kier alpha value is -1.19. The number of anilines is 1.